The van der Waals surface area contributed by atoms with Crippen molar-refractivity contribution in [2.24, 2.45) is 13.0 Å². The van der Waals surface area contributed by atoms with Gasteiger partial charge in [-0.15, -0.1) is 0 Å². The summed E-state index contributed by atoms with van der Waals surface area (Å²) in [5, 5.41) is 4.54. The molecule has 2 N–H and O–H groups in total. The van der Waals surface area contributed by atoms with Gasteiger partial charge in [-0.3, -0.25) is 9.25 Å². The van der Waals surface area contributed by atoms with Gasteiger partial charge in [-0.25, -0.2) is 4.98 Å². The SMILES string of the molecule is CCc1nn(C)c2c1nc(N)n2CCC1CCCCC1. The van der Waals surface area contributed by atoms with Crippen LogP contribution in [0.25, 0.3) is 11.2 Å². The van der Waals surface area contributed by atoms with Crippen molar-refractivity contribution in [2.45, 2.75) is 58.4 Å². The molecule has 0 radical (unpaired) electrons. The second-order valence-electron chi connectivity index (χ2n) is 6.01. The maximum atomic E-state index is 6.12. The minimum Gasteiger partial charge on any atom is -0.369 e. The summed E-state index contributed by atoms with van der Waals surface area (Å²) in [7, 11) is 1.99. The molecule has 2 heterocycles. The molecule has 2 aromatic heterocycles. The summed E-state index contributed by atoms with van der Waals surface area (Å²) in [4.78, 5) is 4.53. The van der Waals surface area contributed by atoms with Gasteiger partial charge in [0.25, 0.3) is 0 Å². The minimum atomic E-state index is 0.638. The average molecular weight is 275 g/mol. The van der Waals surface area contributed by atoms with Crippen molar-refractivity contribution < 1.29 is 0 Å². The number of hydrogen-bond donors (Lipinski definition) is 1. The van der Waals surface area contributed by atoms with Gasteiger partial charge in [0.2, 0.25) is 5.95 Å². The maximum Gasteiger partial charge on any atom is 0.202 e. The van der Waals surface area contributed by atoms with Crippen molar-refractivity contribution in [1.29, 1.82) is 0 Å². The molecule has 0 aromatic carbocycles. The first-order valence-corrected chi connectivity index (χ1v) is 7.88. The molecule has 0 spiro atoms. The van der Waals surface area contributed by atoms with Crippen molar-refractivity contribution >= 4 is 17.1 Å². The molecule has 0 amide bonds. The number of nitrogens with zero attached hydrogens (tertiary/aromatic N) is 4. The van der Waals surface area contributed by atoms with Gasteiger partial charge in [-0.2, -0.15) is 5.10 Å². The normalized spacial score (nSPS) is 17.1. The lowest BCUT2D eigenvalue weighted by molar-refractivity contribution is 0.325. The molecule has 3 rings (SSSR count). The van der Waals surface area contributed by atoms with Crippen LogP contribution in [0.4, 0.5) is 5.95 Å². The van der Waals surface area contributed by atoms with Gasteiger partial charge in [0.15, 0.2) is 5.65 Å². The summed E-state index contributed by atoms with van der Waals surface area (Å²) in [6, 6.07) is 0. The predicted molar refractivity (Wildman–Crippen MR) is 81.5 cm³/mol. The molecule has 0 saturated heterocycles. The maximum absolute atomic E-state index is 6.12. The molecule has 20 heavy (non-hydrogen) atoms. The van der Waals surface area contributed by atoms with Crippen LogP contribution in [0.3, 0.4) is 0 Å². The molecule has 0 bridgehead atoms. The highest BCUT2D eigenvalue weighted by atomic mass is 15.3. The van der Waals surface area contributed by atoms with Crippen molar-refractivity contribution in [3.05, 3.63) is 5.69 Å². The number of anilines is 1. The number of aromatic nitrogens is 4. The fraction of sp³-hybridized carbons (Fsp3) is 0.733. The average Bonchev–Trinajstić information content (AvgIpc) is 2.95. The van der Waals surface area contributed by atoms with E-state index in [1.165, 1.54) is 38.5 Å². The Morgan fingerprint density at radius 3 is 2.70 bits per heavy atom. The van der Waals surface area contributed by atoms with E-state index in [-0.39, 0.29) is 0 Å². The van der Waals surface area contributed by atoms with Gasteiger partial charge in [0.1, 0.15) is 5.52 Å². The Bertz CT molecular complexity index is 589. The molecule has 2 aromatic rings. The first-order chi connectivity index (χ1) is 9.70. The fourth-order valence-electron chi connectivity index (χ4n) is 3.50. The predicted octanol–water partition coefficient (Wildman–Crippen LogP) is 2.88. The molecule has 1 aliphatic rings. The van der Waals surface area contributed by atoms with Crippen molar-refractivity contribution in [2.75, 3.05) is 5.73 Å². The van der Waals surface area contributed by atoms with Crippen molar-refractivity contribution in [1.82, 2.24) is 19.3 Å². The van der Waals surface area contributed by atoms with Crippen LogP contribution in [0.5, 0.6) is 0 Å². The third kappa shape index (κ3) is 2.30. The Kier molecular flexibility index (Phi) is 3.68. The van der Waals surface area contributed by atoms with Crippen LogP contribution in [0.2, 0.25) is 0 Å². The van der Waals surface area contributed by atoms with Gasteiger partial charge in [0, 0.05) is 13.6 Å². The van der Waals surface area contributed by atoms with Gasteiger partial charge in [-0.05, 0) is 18.8 Å². The highest BCUT2D eigenvalue weighted by Crippen LogP contribution is 2.28. The molecule has 0 unspecified atom stereocenters. The Balaban J connectivity index is 1.83. The molecule has 1 aliphatic carbocycles. The first-order valence-electron chi connectivity index (χ1n) is 7.88. The summed E-state index contributed by atoms with van der Waals surface area (Å²) < 4.78 is 4.08. The number of fused-ring (bicyclic) bond motifs is 1. The van der Waals surface area contributed by atoms with Crippen LogP contribution in [-0.4, -0.2) is 19.3 Å². The molecule has 5 heteroatoms. The van der Waals surface area contributed by atoms with E-state index in [2.05, 4.69) is 21.6 Å². The minimum absolute atomic E-state index is 0.638. The number of nitrogen functional groups attached to an aromatic ring is 1. The lowest BCUT2D eigenvalue weighted by Gasteiger charge is -2.21. The zero-order valence-electron chi connectivity index (χ0n) is 12.6. The molecule has 5 nitrogen and oxygen atoms in total. The molecular formula is C15H25N5. The Labute approximate surface area is 120 Å². The molecule has 1 fully saturated rings. The molecule has 110 valence electrons. The monoisotopic (exact) mass is 275 g/mol. The van der Waals surface area contributed by atoms with Gasteiger partial charge >= 0.3 is 0 Å². The number of hydrogen-bond acceptors (Lipinski definition) is 3. The second-order valence-corrected chi connectivity index (χ2v) is 6.01. The van der Waals surface area contributed by atoms with Gasteiger partial charge in [0.05, 0.1) is 5.69 Å². The summed E-state index contributed by atoms with van der Waals surface area (Å²) in [5.41, 5.74) is 9.22. The Morgan fingerprint density at radius 1 is 1.25 bits per heavy atom. The summed E-state index contributed by atoms with van der Waals surface area (Å²) >= 11 is 0. The largest absolute Gasteiger partial charge is 0.369 e. The van der Waals surface area contributed by atoms with E-state index < -0.39 is 0 Å². The lowest BCUT2D eigenvalue weighted by Crippen LogP contribution is -2.12. The summed E-state index contributed by atoms with van der Waals surface area (Å²) in [6.07, 6.45) is 9.07. The van der Waals surface area contributed by atoms with E-state index in [0.717, 1.165) is 35.7 Å². The lowest BCUT2D eigenvalue weighted by atomic mass is 9.87. The molecule has 0 aliphatic heterocycles. The third-order valence-corrected chi connectivity index (χ3v) is 4.64. The number of rotatable bonds is 4. The highest BCUT2D eigenvalue weighted by Gasteiger charge is 2.19. The van der Waals surface area contributed by atoms with E-state index in [1.807, 2.05) is 11.7 Å². The van der Waals surface area contributed by atoms with Crippen LogP contribution in [0.1, 0.15) is 51.1 Å². The molecule has 0 atom stereocenters. The summed E-state index contributed by atoms with van der Waals surface area (Å²) in [5.74, 6) is 1.50. The Hall–Kier alpha value is -1.52. The van der Waals surface area contributed by atoms with E-state index in [1.54, 1.807) is 0 Å². The zero-order chi connectivity index (χ0) is 14.1. The van der Waals surface area contributed by atoms with Gasteiger partial charge < -0.3 is 5.73 Å². The number of nitrogens with two attached hydrogens (primary N) is 1. The van der Waals surface area contributed by atoms with Gasteiger partial charge in [-0.1, -0.05) is 39.0 Å². The van der Waals surface area contributed by atoms with E-state index >= 15 is 0 Å². The quantitative estimate of drug-likeness (QED) is 0.933. The summed E-state index contributed by atoms with van der Waals surface area (Å²) in [6.45, 7) is 3.08. The van der Waals surface area contributed by atoms with Crippen LogP contribution < -0.4 is 5.73 Å². The number of aryl methyl sites for hydroxylation is 3. The zero-order valence-corrected chi connectivity index (χ0v) is 12.6. The van der Waals surface area contributed by atoms with E-state index in [0.29, 0.717) is 5.95 Å². The van der Waals surface area contributed by atoms with Crippen LogP contribution in [0.15, 0.2) is 0 Å². The smallest absolute Gasteiger partial charge is 0.202 e. The van der Waals surface area contributed by atoms with E-state index in [4.69, 9.17) is 5.73 Å². The molecule has 1 saturated carbocycles. The van der Waals surface area contributed by atoms with Crippen molar-refractivity contribution in [3.8, 4) is 0 Å². The second kappa shape index (κ2) is 5.46. The van der Waals surface area contributed by atoms with Crippen LogP contribution in [0, 0.1) is 5.92 Å². The highest BCUT2D eigenvalue weighted by molar-refractivity contribution is 5.77. The topological polar surface area (TPSA) is 61.7 Å². The van der Waals surface area contributed by atoms with E-state index in [9.17, 15) is 0 Å². The fourth-order valence-corrected chi connectivity index (χ4v) is 3.50. The van der Waals surface area contributed by atoms with Crippen LogP contribution >= 0.6 is 0 Å². The molecular weight excluding hydrogens is 250 g/mol. The van der Waals surface area contributed by atoms with Crippen molar-refractivity contribution in [3.63, 3.8) is 0 Å². The standard InChI is InChI=1S/C15H25N5/c1-3-12-13-14(19(2)18-12)20(15(16)17-13)10-9-11-7-5-4-6-8-11/h11H,3-10H2,1-2H3,(H2,16,17). The Morgan fingerprint density at radius 2 is 2.00 bits per heavy atom. The third-order valence-electron chi connectivity index (χ3n) is 4.64. The van der Waals surface area contributed by atoms with Crippen LogP contribution in [-0.2, 0) is 20.0 Å². The number of imidazole rings is 1. The first kappa shape index (κ1) is 13.5.